The van der Waals surface area contributed by atoms with Gasteiger partial charge in [-0.2, -0.15) is 13.2 Å². The van der Waals surface area contributed by atoms with Crippen molar-refractivity contribution in [3.63, 3.8) is 0 Å². The van der Waals surface area contributed by atoms with Crippen LogP contribution in [0.5, 0.6) is 0 Å². The van der Waals surface area contributed by atoms with E-state index >= 15 is 0 Å². The van der Waals surface area contributed by atoms with Gasteiger partial charge >= 0.3 is 6.18 Å². The largest absolute Gasteiger partial charge is 0.416 e. The Bertz CT molecular complexity index is 763. The van der Waals surface area contributed by atoms with Crippen LogP contribution in [0.2, 0.25) is 5.15 Å². The number of aromatic nitrogens is 1. The lowest BCUT2D eigenvalue weighted by molar-refractivity contribution is -0.137. The van der Waals surface area contributed by atoms with Crippen molar-refractivity contribution in [1.29, 1.82) is 0 Å². The molecule has 0 aliphatic heterocycles. The number of pyridine rings is 1. The Morgan fingerprint density at radius 1 is 1.14 bits per heavy atom. The van der Waals surface area contributed by atoms with Crippen molar-refractivity contribution < 1.29 is 21.6 Å². The molecule has 1 N–H and O–H groups in total. The highest BCUT2D eigenvalue weighted by molar-refractivity contribution is 7.92. The second-order valence-corrected chi connectivity index (χ2v) is 6.07. The van der Waals surface area contributed by atoms with Gasteiger partial charge in [-0.15, -0.1) is 0 Å². The summed E-state index contributed by atoms with van der Waals surface area (Å²) in [6.45, 7) is 0. The van der Waals surface area contributed by atoms with Gasteiger partial charge in [0, 0.05) is 11.9 Å². The molecule has 4 nitrogen and oxygen atoms in total. The van der Waals surface area contributed by atoms with Crippen LogP contribution < -0.4 is 4.72 Å². The molecule has 0 radical (unpaired) electrons. The van der Waals surface area contributed by atoms with Crippen LogP contribution in [-0.2, 0) is 16.2 Å². The third-order valence-electron chi connectivity index (χ3n) is 2.45. The topological polar surface area (TPSA) is 59.1 Å². The van der Waals surface area contributed by atoms with Crippen molar-refractivity contribution >= 4 is 27.3 Å². The Balaban J connectivity index is 2.33. The first kappa shape index (κ1) is 15.6. The fourth-order valence-electron chi connectivity index (χ4n) is 1.52. The van der Waals surface area contributed by atoms with Crippen molar-refractivity contribution in [1.82, 2.24) is 4.98 Å². The van der Waals surface area contributed by atoms with Crippen LogP contribution in [0, 0.1) is 0 Å². The van der Waals surface area contributed by atoms with Crippen LogP contribution in [0.4, 0.5) is 18.9 Å². The Kier molecular flexibility index (Phi) is 4.11. The van der Waals surface area contributed by atoms with E-state index in [1.807, 2.05) is 0 Å². The molecule has 2 aromatic rings. The molecule has 0 bridgehead atoms. The van der Waals surface area contributed by atoms with Crippen molar-refractivity contribution in [2.24, 2.45) is 0 Å². The van der Waals surface area contributed by atoms with Gasteiger partial charge in [0.05, 0.1) is 10.5 Å². The summed E-state index contributed by atoms with van der Waals surface area (Å²) in [5.74, 6) is 0. The average molecular weight is 337 g/mol. The predicted molar refractivity (Wildman–Crippen MR) is 71.5 cm³/mol. The fraction of sp³-hybridized carbons (Fsp3) is 0.0833. The van der Waals surface area contributed by atoms with E-state index < -0.39 is 21.8 Å². The van der Waals surface area contributed by atoms with Crippen LogP contribution in [0.15, 0.2) is 47.5 Å². The molecular formula is C12H8ClF3N2O2S. The predicted octanol–water partition coefficient (Wildman–Crippen LogP) is 3.55. The molecule has 0 spiro atoms. The number of hydrogen-bond acceptors (Lipinski definition) is 3. The molecule has 1 aromatic carbocycles. The standard InChI is InChI=1S/C12H8ClF3N2O2S/c13-11-7-10(4-5-17-11)21(19,20)18-9-3-1-2-8(6-9)12(14,15)16/h1-7,18H. The van der Waals surface area contributed by atoms with E-state index in [-0.39, 0.29) is 15.7 Å². The second kappa shape index (κ2) is 5.53. The van der Waals surface area contributed by atoms with Crippen molar-refractivity contribution in [3.05, 3.63) is 53.3 Å². The van der Waals surface area contributed by atoms with E-state index in [2.05, 4.69) is 9.71 Å². The van der Waals surface area contributed by atoms with Gasteiger partial charge < -0.3 is 0 Å². The van der Waals surface area contributed by atoms with Crippen molar-refractivity contribution in [3.8, 4) is 0 Å². The zero-order valence-corrected chi connectivity index (χ0v) is 11.8. The number of nitrogens with zero attached hydrogens (tertiary/aromatic N) is 1. The molecule has 0 fully saturated rings. The maximum absolute atomic E-state index is 12.6. The third-order valence-corrected chi connectivity index (χ3v) is 4.04. The van der Waals surface area contributed by atoms with Crippen molar-refractivity contribution in [2.45, 2.75) is 11.1 Å². The summed E-state index contributed by atoms with van der Waals surface area (Å²) in [7, 11) is -4.04. The lowest BCUT2D eigenvalue weighted by Crippen LogP contribution is -2.14. The third kappa shape index (κ3) is 3.85. The maximum atomic E-state index is 12.6. The monoisotopic (exact) mass is 336 g/mol. The Morgan fingerprint density at radius 2 is 1.86 bits per heavy atom. The maximum Gasteiger partial charge on any atom is 0.416 e. The number of rotatable bonds is 3. The molecular weight excluding hydrogens is 329 g/mol. The number of nitrogens with one attached hydrogen (secondary N) is 1. The number of halogens is 4. The lowest BCUT2D eigenvalue weighted by Gasteiger charge is -2.11. The molecule has 21 heavy (non-hydrogen) atoms. The number of sulfonamides is 1. The molecule has 0 aliphatic carbocycles. The van der Waals surface area contributed by atoms with Crippen molar-refractivity contribution in [2.75, 3.05) is 4.72 Å². The van der Waals surface area contributed by atoms with E-state index in [0.717, 1.165) is 18.2 Å². The quantitative estimate of drug-likeness (QED) is 0.872. The summed E-state index contributed by atoms with van der Waals surface area (Å²) in [5.41, 5.74) is -1.15. The minimum atomic E-state index is -4.55. The minimum absolute atomic E-state index is 0.0399. The smallest absolute Gasteiger partial charge is 0.280 e. The summed E-state index contributed by atoms with van der Waals surface area (Å²) in [4.78, 5) is 3.44. The highest BCUT2D eigenvalue weighted by Gasteiger charge is 2.30. The van der Waals surface area contributed by atoms with Gasteiger partial charge in [0.25, 0.3) is 10.0 Å². The lowest BCUT2D eigenvalue weighted by atomic mass is 10.2. The summed E-state index contributed by atoms with van der Waals surface area (Å²) in [6.07, 6.45) is -3.37. The summed E-state index contributed by atoms with van der Waals surface area (Å²) < 4.78 is 63.9. The Labute approximate surface area is 123 Å². The molecule has 112 valence electrons. The highest BCUT2D eigenvalue weighted by atomic mass is 35.5. The fourth-order valence-corrected chi connectivity index (χ4v) is 2.83. The van der Waals surface area contributed by atoms with Gasteiger partial charge in [-0.1, -0.05) is 17.7 Å². The van der Waals surface area contributed by atoms with Crippen LogP contribution in [0.1, 0.15) is 5.56 Å². The highest BCUT2D eigenvalue weighted by Crippen LogP contribution is 2.31. The molecule has 0 saturated carbocycles. The van der Waals surface area contributed by atoms with Gasteiger partial charge in [-0.05, 0) is 30.3 Å². The summed E-state index contributed by atoms with van der Waals surface area (Å²) >= 11 is 5.59. The van der Waals surface area contributed by atoms with E-state index in [1.165, 1.54) is 18.3 Å². The number of alkyl halides is 3. The molecule has 0 saturated heterocycles. The first-order valence-corrected chi connectivity index (χ1v) is 7.36. The SMILES string of the molecule is O=S(=O)(Nc1cccc(C(F)(F)F)c1)c1ccnc(Cl)c1. The zero-order chi connectivity index (χ0) is 15.7. The van der Waals surface area contributed by atoms with Gasteiger partial charge in [0.15, 0.2) is 0 Å². The number of benzene rings is 1. The van der Waals surface area contributed by atoms with Crippen LogP contribution >= 0.6 is 11.6 Å². The molecule has 9 heteroatoms. The first-order chi connectivity index (χ1) is 9.68. The van der Waals surface area contributed by atoms with Gasteiger partial charge in [0.2, 0.25) is 0 Å². The summed E-state index contributed by atoms with van der Waals surface area (Å²) in [6, 6.07) is 6.16. The van der Waals surface area contributed by atoms with E-state index in [1.54, 1.807) is 0 Å². The van der Waals surface area contributed by atoms with Crippen LogP contribution in [-0.4, -0.2) is 13.4 Å². The van der Waals surface area contributed by atoms with Gasteiger partial charge in [0.1, 0.15) is 5.15 Å². The minimum Gasteiger partial charge on any atom is -0.280 e. The van der Waals surface area contributed by atoms with Gasteiger partial charge in [-0.25, -0.2) is 13.4 Å². The van der Waals surface area contributed by atoms with Crippen LogP contribution in [0.25, 0.3) is 0 Å². The van der Waals surface area contributed by atoms with E-state index in [4.69, 9.17) is 11.6 Å². The molecule has 0 amide bonds. The Morgan fingerprint density at radius 3 is 2.48 bits per heavy atom. The average Bonchev–Trinajstić information content (AvgIpc) is 2.37. The molecule has 0 aliphatic rings. The number of hydrogen-bond donors (Lipinski definition) is 1. The normalized spacial score (nSPS) is 12.2. The summed E-state index contributed by atoms with van der Waals surface area (Å²) in [5, 5.41) is -0.0399. The molecule has 1 heterocycles. The first-order valence-electron chi connectivity index (χ1n) is 5.50. The molecule has 1 aromatic heterocycles. The molecule has 2 rings (SSSR count). The zero-order valence-electron chi connectivity index (χ0n) is 10.2. The van der Waals surface area contributed by atoms with E-state index in [9.17, 15) is 21.6 Å². The molecule has 0 unspecified atom stereocenters. The second-order valence-electron chi connectivity index (χ2n) is 4.00. The Hall–Kier alpha value is -1.80. The van der Waals surface area contributed by atoms with Crippen LogP contribution in [0.3, 0.4) is 0 Å². The van der Waals surface area contributed by atoms with E-state index in [0.29, 0.717) is 6.07 Å². The van der Waals surface area contributed by atoms with Gasteiger partial charge in [-0.3, -0.25) is 4.72 Å². The number of anilines is 1. The molecule has 0 atom stereocenters.